The Balaban J connectivity index is 1.57. The number of amides is 1. The highest BCUT2D eigenvalue weighted by Crippen LogP contribution is 2.22. The van der Waals surface area contributed by atoms with Gasteiger partial charge in [-0.05, 0) is 53.0 Å². The molecule has 0 aromatic heterocycles. The Morgan fingerprint density at radius 3 is 2.38 bits per heavy atom. The zero-order valence-electron chi connectivity index (χ0n) is 18.1. The number of carbonyl (C=O) groups is 2. The van der Waals surface area contributed by atoms with Gasteiger partial charge in [0.15, 0.2) is 5.78 Å². The average molecular weight is 405 g/mol. The SMILES string of the molecule is CC(C)(C)OC(=O)NCC1(O)CCN(CCCCCC(=O)c2ccccc2)CC1. The molecule has 1 amide bonds. The second-order valence-electron chi connectivity index (χ2n) is 9.02. The molecule has 6 nitrogen and oxygen atoms in total. The van der Waals surface area contributed by atoms with Gasteiger partial charge in [-0.25, -0.2) is 4.79 Å². The Kier molecular flexibility index (Phi) is 8.65. The minimum atomic E-state index is -0.866. The van der Waals surface area contributed by atoms with Gasteiger partial charge in [0.25, 0.3) is 0 Å². The normalized spacial score (nSPS) is 17.0. The Labute approximate surface area is 174 Å². The fourth-order valence-electron chi connectivity index (χ4n) is 3.49. The van der Waals surface area contributed by atoms with E-state index in [0.29, 0.717) is 19.3 Å². The van der Waals surface area contributed by atoms with Crippen LogP contribution in [0.5, 0.6) is 0 Å². The minimum absolute atomic E-state index is 0.214. The first-order valence-corrected chi connectivity index (χ1v) is 10.7. The number of ether oxygens (including phenoxy) is 1. The van der Waals surface area contributed by atoms with Crippen molar-refractivity contribution in [2.45, 2.75) is 70.5 Å². The number of Topliss-reactive ketones (excluding diaryl/α,β-unsaturated/α-hetero) is 1. The van der Waals surface area contributed by atoms with E-state index < -0.39 is 17.3 Å². The molecule has 29 heavy (non-hydrogen) atoms. The van der Waals surface area contributed by atoms with E-state index in [1.165, 1.54) is 0 Å². The summed E-state index contributed by atoms with van der Waals surface area (Å²) >= 11 is 0. The minimum Gasteiger partial charge on any atom is -0.444 e. The third-order valence-corrected chi connectivity index (χ3v) is 5.22. The van der Waals surface area contributed by atoms with Crippen LogP contribution in [-0.4, -0.2) is 59.3 Å². The van der Waals surface area contributed by atoms with E-state index in [4.69, 9.17) is 4.74 Å². The van der Waals surface area contributed by atoms with Crippen LogP contribution >= 0.6 is 0 Å². The molecule has 0 radical (unpaired) electrons. The number of ketones is 1. The van der Waals surface area contributed by atoms with Gasteiger partial charge in [-0.15, -0.1) is 0 Å². The lowest BCUT2D eigenvalue weighted by Gasteiger charge is -2.38. The maximum Gasteiger partial charge on any atom is 0.407 e. The summed E-state index contributed by atoms with van der Waals surface area (Å²) in [6.07, 6.45) is 4.37. The number of alkyl carbamates (subject to hydrolysis) is 1. The van der Waals surface area contributed by atoms with E-state index in [-0.39, 0.29) is 12.3 Å². The summed E-state index contributed by atoms with van der Waals surface area (Å²) in [7, 11) is 0. The molecule has 0 atom stereocenters. The number of rotatable bonds is 9. The average Bonchev–Trinajstić information content (AvgIpc) is 2.67. The zero-order valence-corrected chi connectivity index (χ0v) is 18.1. The fraction of sp³-hybridized carbons (Fsp3) is 0.652. The first-order valence-electron chi connectivity index (χ1n) is 10.7. The summed E-state index contributed by atoms with van der Waals surface area (Å²) < 4.78 is 5.22. The second kappa shape index (κ2) is 10.7. The van der Waals surface area contributed by atoms with Crippen LogP contribution in [0.1, 0.15) is 69.7 Å². The predicted molar refractivity (Wildman–Crippen MR) is 114 cm³/mol. The van der Waals surface area contributed by atoms with E-state index in [0.717, 1.165) is 44.5 Å². The molecule has 1 aliphatic rings. The molecule has 162 valence electrons. The number of nitrogens with zero attached hydrogens (tertiary/aromatic N) is 1. The first-order chi connectivity index (χ1) is 13.7. The highest BCUT2D eigenvalue weighted by atomic mass is 16.6. The number of likely N-dealkylation sites (tertiary alicyclic amines) is 1. The van der Waals surface area contributed by atoms with Crippen molar-refractivity contribution in [1.29, 1.82) is 0 Å². The van der Waals surface area contributed by atoms with Crippen LogP contribution in [-0.2, 0) is 4.74 Å². The Morgan fingerprint density at radius 1 is 1.10 bits per heavy atom. The molecule has 0 bridgehead atoms. The topological polar surface area (TPSA) is 78.9 Å². The molecule has 1 fully saturated rings. The van der Waals surface area contributed by atoms with Crippen molar-refractivity contribution < 1.29 is 19.4 Å². The lowest BCUT2D eigenvalue weighted by atomic mass is 9.91. The van der Waals surface area contributed by atoms with E-state index in [2.05, 4.69) is 10.2 Å². The molecule has 0 saturated carbocycles. The van der Waals surface area contributed by atoms with Crippen LogP contribution in [0.25, 0.3) is 0 Å². The number of aliphatic hydroxyl groups is 1. The summed E-state index contributed by atoms with van der Waals surface area (Å²) in [5.74, 6) is 0.214. The molecule has 2 N–H and O–H groups in total. The lowest BCUT2D eigenvalue weighted by molar-refractivity contribution is -0.0230. The maximum atomic E-state index is 12.1. The van der Waals surface area contributed by atoms with Gasteiger partial charge in [-0.2, -0.15) is 0 Å². The quantitative estimate of drug-likeness (QED) is 0.484. The third kappa shape index (κ3) is 8.96. The summed E-state index contributed by atoms with van der Waals surface area (Å²) in [4.78, 5) is 26.2. The number of hydrogen-bond acceptors (Lipinski definition) is 5. The highest BCUT2D eigenvalue weighted by Gasteiger charge is 2.33. The molecule has 1 heterocycles. The molecule has 0 spiro atoms. The van der Waals surface area contributed by atoms with Crippen LogP contribution in [0, 0.1) is 0 Å². The molecular formula is C23H36N2O4. The van der Waals surface area contributed by atoms with Gasteiger partial charge in [-0.1, -0.05) is 36.8 Å². The molecule has 0 unspecified atom stereocenters. The van der Waals surface area contributed by atoms with Gasteiger partial charge in [0.1, 0.15) is 5.60 Å². The summed E-state index contributed by atoms with van der Waals surface area (Å²) in [5.41, 5.74) is -0.611. The fourth-order valence-corrected chi connectivity index (χ4v) is 3.49. The van der Waals surface area contributed by atoms with Crippen LogP contribution in [0.4, 0.5) is 4.79 Å². The molecule has 1 aromatic carbocycles. The smallest absolute Gasteiger partial charge is 0.407 e. The summed E-state index contributed by atoms with van der Waals surface area (Å²) in [6, 6.07) is 9.45. The van der Waals surface area contributed by atoms with Crippen LogP contribution in [0.15, 0.2) is 30.3 Å². The van der Waals surface area contributed by atoms with Crippen LogP contribution in [0.3, 0.4) is 0 Å². The van der Waals surface area contributed by atoms with Gasteiger partial charge in [0.05, 0.1) is 5.60 Å². The van der Waals surface area contributed by atoms with Crippen LogP contribution in [0.2, 0.25) is 0 Å². The van der Waals surface area contributed by atoms with Crippen LogP contribution < -0.4 is 5.32 Å². The van der Waals surface area contributed by atoms with Gasteiger partial charge in [-0.3, -0.25) is 4.79 Å². The van der Waals surface area contributed by atoms with Gasteiger partial charge >= 0.3 is 6.09 Å². The van der Waals surface area contributed by atoms with E-state index in [1.807, 2.05) is 51.1 Å². The van der Waals surface area contributed by atoms with Gasteiger partial charge in [0, 0.05) is 31.6 Å². The van der Waals surface area contributed by atoms with E-state index in [9.17, 15) is 14.7 Å². The van der Waals surface area contributed by atoms with Crippen molar-refractivity contribution in [3.05, 3.63) is 35.9 Å². The molecule has 1 saturated heterocycles. The second-order valence-corrected chi connectivity index (χ2v) is 9.02. The van der Waals surface area contributed by atoms with Crippen molar-refractivity contribution in [3.8, 4) is 0 Å². The maximum absolute atomic E-state index is 12.1. The van der Waals surface area contributed by atoms with Gasteiger partial charge in [0.2, 0.25) is 0 Å². The third-order valence-electron chi connectivity index (χ3n) is 5.22. The monoisotopic (exact) mass is 404 g/mol. The number of hydrogen-bond donors (Lipinski definition) is 2. The Bertz CT molecular complexity index is 647. The van der Waals surface area contributed by atoms with Crippen molar-refractivity contribution >= 4 is 11.9 Å². The number of piperidine rings is 1. The summed E-state index contributed by atoms with van der Waals surface area (Å²) in [5, 5.41) is 13.4. The largest absolute Gasteiger partial charge is 0.444 e. The lowest BCUT2D eigenvalue weighted by Crippen LogP contribution is -2.51. The Hall–Kier alpha value is -1.92. The molecule has 1 aromatic rings. The van der Waals surface area contributed by atoms with E-state index >= 15 is 0 Å². The number of carbonyl (C=O) groups excluding carboxylic acids is 2. The van der Waals surface area contributed by atoms with Crippen molar-refractivity contribution in [2.75, 3.05) is 26.2 Å². The highest BCUT2D eigenvalue weighted by molar-refractivity contribution is 5.95. The Morgan fingerprint density at radius 2 is 1.76 bits per heavy atom. The number of benzene rings is 1. The number of nitrogens with one attached hydrogen (secondary N) is 1. The molecular weight excluding hydrogens is 368 g/mol. The predicted octanol–water partition coefficient (Wildman–Crippen LogP) is 3.78. The zero-order chi connectivity index (χ0) is 21.3. The summed E-state index contributed by atoms with van der Waals surface area (Å²) in [6.45, 7) is 8.28. The standard InChI is InChI=1S/C23H36N2O4/c1-22(2,3)29-21(27)24-18-23(28)13-16-25(17-14-23)15-9-5-8-12-20(26)19-10-6-4-7-11-19/h4,6-7,10-11,28H,5,8-9,12-18H2,1-3H3,(H,24,27). The number of unbranched alkanes of at least 4 members (excludes halogenated alkanes) is 2. The van der Waals surface area contributed by atoms with Crippen molar-refractivity contribution in [3.63, 3.8) is 0 Å². The molecule has 2 rings (SSSR count). The molecule has 0 aliphatic carbocycles. The molecule has 1 aliphatic heterocycles. The van der Waals surface area contributed by atoms with Gasteiger partial charge < -0.3 is 20.1 Å². The molecule has 6 heteroatoms. The van der Waals surface area contributed by atoms with Crippen molar-refractivity contribution in [1.82, 2.24) is 10.2 Å². The van der Waals surface area contributed by atoms with E-state index in [1.54, 1.807) is 0 Å². The van der Waals surface area contributed by atoms with Crippen molar-refractivity contribution in [2.24, 2.45) is 0 Å². The first kappa shape index (κ1) is 23.4.